The maximum atomic E-state index is 13.3. The van der Waals surface area contributed by atoms with Crippen LogP contribution in [-0.2, 0) is 4.74 Å². The number of rotatable bonds is 2. The summed E-state index contributed by atoms with van der Waals surface area (Å²) in [5, 5.41) is 5.28. The normalized spacial score (nSPS) is 15.4. The molecule has 1 aliphatic heterocycles. The second kappa shape index (κ2) is 8.15. The zero-order chi connectivity index (χ0) is 24.2. The first-order chi connectivity index (χ1) is 16.1. The summed E-state index contributed by atoms with van der Waals surface area (Å²) in [5.74, 6) is 0. The van der Waals surface area contributed by atoms with Gasteiger partial charge in [-0.2, -0.15) is 5.10 Å². The van der Waals surface area contributed by atoms with Gasteiger partial charge in [0.2, 0.25) is 0 Å². The highest BCUT2D eigenvalue weighted by Gasteiger charge is 2.28. The van der Waals surface area contributed by atoms with Gasteiger partial charge in [0.25, 0.3) is 5.56 Å². The summed E-state index contributed by atoms with van der Waals surface area (Å²) in [5.41, 5.74) is 3.15. The van der Waals surface area contributed by atoms with Crippen molar-refractivity contribution >= 4 is 33.4 Å². The number of amides is 1. The van der Waals surface area contributed by atoms with E-state index < -0.39 is 5.60 Å². The number of hydrogen-bond acceptors (Lipinski definition) is 8. The molecule has 1 amide bonds. The van der Waals surface area contributed by atoms with Crippen molar-refractivity contribution in [3.8, 4) is 10.7 Å². The summed E-state index contributed by atoms with van der Waals surface area (Å²) in [4.78, 5) is 40.9. The number of hydrogen-bond donors (Lipinski definition) is 0. The van der Waals surface area contributed by atoms with Gasteiger partial charge >= 0.3 is 6.09 Å². The summed E-state index contributed by atoms with van der Waals surface area (Å²) >= 11 is 1.30. The maximum absolute atomic E-state index is 13.3. The molecule has 0 radical (unpaired) electrons. The number of likely N-dealkylation sites (tertiary alicyclic amines) is 1. The van der Waals surface area contributed by atoms with Gasteiger partial charge in [0.1, 0.15) is 27.3 Å². The molecule has 0 aliphatic carbocycles. The van der Waals surface area contributed by atoms with Gasteiger partial charge < -0.3 is 9.64 Å². The molecule has 1 saturated heterocycles. The molecule has 0 bridgehead atoms. The molecule has 0 saturated carbocycles. The molecule has 0 unspecified atom stereocenters. The number of carbonyl (C=O) groups excluding carboxylic acids is 1. The van der Waals surface area contributed by atoms with E-state index in [9.17, 15) is 9.59 Å². The number of ether oxygens (including phenoxy) is 1. The van der Waals surface area contributed by atoms with E-state index in [1.165, 1.54) is 11.3 Å². The number of carbonyl (C=O) groups is 1. The monoisotopic (exact) mass is 481 g/mol. The Morgan fingerprint density at radius 1 is 1.18 bits per heavy atom. The van der Waals surface area contributed by atoms with Crippen LogP contribution in [0, 0.1) is 13.8 Å². The van der Waals surface area contributed by atoms with E-state index in [0.29, 0.717) is 47.0 Å². The highest BCUT2D eigenvalue weighted by molar-refractivity contribution is 7.21. The first-order valence-electron chi connectivity index (χ1n) is 11.3. The summed E-state index contributed by atoms with van der Waals surface area (Å²) in [6.07, 6.45) is 4.45. The number of aromatic nitrogens is 6. The Morgan fingerprint density at radius 2 is 1.91 bits per heavy atom. The molecule has 34 heavy (non-hydrogen) atoms. The van der Waals surface area contributed by atoms with Crippen LogP contribution in [0.15, 0.2) is 23.4 Å². The summed E-state index contributed by atoms with van der Waals surface area (Å²) in [7, 11) is 0. The Hall–Kier alpha value is -3.34. The van der Waals surface area contributed by atoms with Gasteiger partial charge in [-0.3, -0.25) is 9.36 Å². The van der Waals surface area contributed by atoms with E-state index >= 15 is 0 Å². The quantitative estimate of drug-likeness (QED) is 0.429. The molecule has 1 fully saturated rings. The minimum absolute atomic E-state index is 0.0284. The number of nitrogens with zero attached hydrogens (tertiary/aromatic N) is 7. The van der Waals surface area contributed by atoms with Gasteiger partial charge in [0.05, 0.1) is 11.9 Å². The average molecular weight is 482 g/mol. The fraction of sp³-hybridized carbons (Fsp3) is 0.478. The third-order valence-electron chi connectivity index (χ3n) is 5.80. The molecule has 0 N–H and O–H groups in total. The van der Waals surface area contributed by atoms with Crippen LogP contribution in [0.4, 0.5) is 4.79 Å². The summed E-state index contributed by atoms with van der Waals surface area (Å²) < 4.78 is 9.40. The van der Waals surface area contributed by atoms with Crippen molar-refractivity contribution < 1.29 is 9.53 Å². The molecule has 11 heteroatoms. The van der Waals surface area contributed by atoms with E-state index in [0.717, 1.165) is 16.9 Å². The minimum Gasteiger partial charge on any atom is -0.444 e. The molecule has 10 nitrogen and oxygen atoms in total. The third kappa shape index (κ3) is 4.15. The second-order valence-electron chi connectivity index (χ2n) is 9.69. The molecular formula is C23H27N7O3S. The Bertz CT molecular complexity index is 1460. The molecule has 5 rings (SSSR count). The van der Waals surface area contributed by atoms with Crippen LogP contribution in [0.3, 0.4) is 0 Å². The van der Waals surface area contributed by atoms with Crippen LogP contribution in [0.2, 0.25) is 0 Å². The summed E-state index contributed by atoms with van der Waals surface area (Å²) in [6, 6.07) is 1.91. The standard InChI is InChI=1S/C23H27N7O3S/c1-13-10-16(27-30-11-14(2)25-19(13)30)20-26-18-17(34-20)21(31)29(12-24-18)15-6-8-28(9-7-15)22(32)33-23(3,4)5/h10-12,15H,6-9H2,1-5H3. The lowest BCUT2D eigenvalue weighted by atomic mass is 10.1. The molecule has 4 aromatic heterocycles. The smallest absolute Gasteiger partial charge is 0.410 e. The number of aryl methyl sites for hydroxylation is 2. The van der Waals surface area contributed by atoms with Crippen molar-refractivity contribution in [2.24, 2.45) is 0 Å². The van der Waals surface area contributed by atoms with Gasteiger partial charge in [-0.15, -0.1) is 11.3 Å². The third-order valence-corrected chi connectivity index (χ3v) is 6.86. The van der Waals surface area contributed by atoms with Crippen LogP contribution in [0.5, 0.6) is 0 Å². The zero-order valence-corrected chi connectivity index (χ0v) is 20.7. The lowest BCUT2D eigenvalue weighted by Crippen LogP contribution is -2.43. The van der Waals surface area contributed by atoms with Crippen LogP contribution in [-0.4, -0.2) is 58.8 Å². The predicted molar refractivity (Wildman–Crippen MR) is 129 cm³/mol. The van der Waals surface area contributed by atoms with Gasteiger partial charge in [-0.25, -0.2) is 24.3 Å². The number of imidazole rings is 1. The van der Waals surface area contributed by atoms with E-state index in [-0.39, 0.29) is 17.7 Å². The molecule has 0 spiro atoms. The van der Waals surface area contributed by atoms with Gasteiger partial charge in [0, 0.05) is 19.1 Å². The first-order valence-corrected chi connectivity index (χ1v) is 12.1. The van der Waals surface area contributed by atoms with Crippen molar-refractivity contribution in [3.63, 3.8) is 0 Å². The van der Waals surface area contributed by atoms with Crippen LogP contribution >= 0.6 is 11.3 Å². The Balaban J connectivity index is 1.40. The van der Waals surface area contributed by atoms with E-state index in [4.69, 9.17) is 4.74 Å². The highest BCUT2D eigenvalue weighted by atomic mass is 32.1. The Kier molecular flexibility index (Phi) is 5.38. The van der Waals surface area contributed by atoms with Crippen molar-refractivity contribution in [1.29, 1.82) is 0 Å². The van der Waals surface area contributed by atoms with Crippen LogP contribution < -0.4 is 5.56 Å². The molecule has 1 aliphatic rings. The van der Waals surface area contributed by atoms with Crippen molar-refractivity contribution in [2.75, 3.05) is 13.1 Å². The van der Waals surface area contributed by atoms with Crippen molar-refractivity contribution in [3.05, 3.63) is 40.2 Å². The van der Waals surface area contributed by atoms with E-state index in [1.54, 1.807) is 20.3 Å². The van der Waals surface area contributed by atoms with Gasteiger partial charge in [-0.1, -0.05) is 0 Å². The molecular weight excluding hydrogens is 454 g/mol. The predicted octanol–water partition coefficient (Wildman–Crippen LogP) is 3.75. The van der Waals surface area contributed by atoms with Gasteiger partial charge in [0.15, 0.2) is 11.3 Å². The van der Waals surface area contributed by atoms with E-state index in [2.05, 4.69) is 20.1 Å². The van der Waals surface area contributed by atoms with Crippen LogP contribution in [0.25, 0.3) is 26.7 Å². The molecule has 178 valence electrons. The van der Waals surface area contributed by atoms with Crippen molar-refractivity contribution in [2.45, 2.75) is 59.1 Å². The van der Waals surface area contributed by atoms with Crippen LogP contribution in [0.1, 0.15) is 50.9 Å². The lowest BCUT2D eigenvalue weighted by Gasteiger charge is -2.33. The largest absolute Gasteiger partial charge is 0.444 e. The second-order valence-corrected chi connectivity index (χ2v) is 10.7. The summed E-state index contributed by atoms with van der Waals surface area (Å²) in [6.45, 7) is 10.5. The first kappa shape index (κ1) is 22.5. The number of piperidine rings is 1. The lowest BCUT2D eigenvalue weighted by molar-refractivity contribution is 0.0187. The number of fused-ring (bicyclic) bond motifs is 2. The van der Waals surface area contributed by atoms with Crippen molar-refractivity contribution in [1.82, 2.24) is 34.0 Å². The van der Waals surface area contributed by atoms with E-state index in [1.807, 2.05) is 46.9 Å². The Labute approximate surface area is 200 Å². The SMILES string of the molecule is Cc1cn2nc(-c3nc4ncn(C5CCN(C(=O)OC(C)(C)C)CC5)c(=O)c4s3)cc(C)c2n1. The fourth-order valence-electron chi connectivity index (χ4n) is 4.20. The highest BCUT2D eigenvalue weighted by Crippen LogP contribution is 2.29. The molecule has 0 aromatic carbocycles. The number of thiazole rings is 1. The molecule has 5 heterocycles. The average Bonchev–Trinajstić information content (AvgIpc) is 3.37. The fourth-order valence-corrected chi connectivity index (χ4v) is 5.11. The molecule has 4 aromatic rings. The minimum atomic E-state index is -0.529. The molecule has 0 atom stereocenters. The zero-order valence-electron chi connectivity index (χ0n) is 19.9. The topological polar surface area (TPSA) is 108 Å². The Morgan fingerprint density at radius 3 is 2.62 bits per heavy atom. The maximum Gasteiger partial charge on any atom is 0.410 e. The van der Waals surface area contributed by atoms with Gasteiger partial charge in [-0.05, 0) is 59.1 Å².